The van der Waals surface area contributed by atoms with Gasteiger partial charge in [-0.05, 0) is 50.3 Å². The van der Waals surface area contributed by atoms with E-state index in [0.717, 1.165) is 12.1 Å². The van der Waals surface area contributed by atoms with Gasteiger partial charge in [0.1, 0.15) is 17.8 Å². The summed E-state index contributed by atoms with van der Waals surface area (Å²) in [7, 11) is 0. The average molecular weight is 659 g/mol. The standard InChI is InChI=1S/C29H38N8O10/c1-16(2)13-22(32-18-7-9-19(10-8-18)35(42)43)26(39)34(24(38)15-31-28(41)29(5,6)30)27(40)25(17(3)4)33-21-12-11-20(36(44)45)14-23(21)37(46)47/h7-12,14,16-17,22,25,32-33H,13,15,30H2,1-6H3,(H,31,41)/t22-,25-/m0/s1. The van der Waals surface area contributed by atoms with Crippen molar-refractivity contribution in [2.24, 2.45) is 17.6 Å². The van der Waals surface area contributed by atoms with Gasteiger partial charge in [0, 0.05) is 23.9 Å². The SMILES string of the molecule is CC(C)C[C@H](Nc1ccc([N+](=O)[O-])cc1)C(=O)N(C(=O)CNC(=O)C(C)(C)N)C(=O)[C@@H](Nc1ccc([N+](=O)[O-])cc1[N+](=O)[O-])C(C)C. The van der Waals surface area contributed by atoms with Gasteiger partial charge in [0.2, 0.25) is 5.91 Å². The van der Waals surface area contributed by atoms with E-state index in [9.17, 15) is 49.5 Å². The molecule has 2 rings (SSSR count). The van der Waals surface area contributed by atoms with E-state index in [2.05, 4.69) is 16.0 Å². The number of nitro benzene ring substituents is 3. The number of benzene rings is 2. The van der Waals surface area contributed by atoms with Crippen molar-refractivity contribution in [1.29, 1.82) is 0 Å². The molecule has 0 unspecified atom stereocenters. The Morgan fingerprint density at radius 1 is 0.830 bits per heavy atom. The monoisotopic (exact) mass is 658 g/mol. The van der Waals surface area contributed by atoms with Gasteiger partial charge in [0.25, 0.3) is 34.8 Å². The Balaban J connectivity index is 2.60. The first-order chi connectivity index (χ1) is 21.7. The van der Waals surface area contributed by atoms with Gasteiger partial charge >= 0.3 is 0 Å². The van der Waals surface area contributed by atoms with Crippen molar-refractivity contribution >= 4 is 52.1 Å². The van der Waals surface area contributed by atoms with Gasteiger partial charge in [0.15, 0.2) is 0 Å². The summed E-state index contributed by atoms with van der Waals surface area (Å²) in [5.74, 6) is -4.91. The molecule has 254 valence electrons. The molecule has 0 aliphatic heterocycles. The maximum absolute atomic E-state index is 14.1. The minimum absolute atomic E-state index is 0.0860. The molecule has 0 fully saturated rings. The number of carbonyl (C=O) groups excluding carboxylic acids is 4. The van der Waals surface area contributed by atoms with E-state index < -0.39 is 79.9 Å². The van der Waals surface area contributed by atoms with Crippen molar-refractivity contribution in [2.75, 3.05) is 17.2 Å². The van der Waals surface area contributed by atoms with E-state index in [-0.39, 0.29) is 29.4 Å². The fourth-order valence-corrected chi connectivity index (χ4v) is 4.27. The molecule has 0 aromatic heterocycles. The summed E-state index contributed by atoms with van der Waals surface area (Å²) in [5, 5.41) is 41.9. The second-order valence-electron chi connectivity index (χ2n) is 12.0. The summed E-state index contributed by atoms with van der Waals surface area (Å²) in [6.45, 7) is 8.58. The van der Waals surface area contributed by atoms with E-state index in [4.69, 9.17) is 5.73 Å². The van der Waals surface area contributed by atoms with Crippen LogP contribution in [0.15, 0.2) is 42.5 Å². The van der Waals surface area contributed by atoms with Crippen LogP contribution in [0.25, 0.3) is 0 Å². The lowest BCUT2D eigenvalue weighted by Crippen LogP contribution is -2.58. The van der Waals surface area contributed by atoms with Crippen LogP contribution in [-0.4, -0.2) is 67.5 Å². The first-order valence-electron chi connectivity index (χ1n) is 14.4. The van der Waals surface area contributed by atoms with Gasteiger partial charge in [-0.25, -0.2) is 4.90 Å². The number of rotatable bonds is 15. The van der Waals surface area contributed by atoms with Crippen molar-refractivity contribution in [2.45, 2.75) is 65.6 Å². The average Bonchev–Trinajstić information content (AvgIpc) is 2.97. The Bertz CT molecular complexity index is 1540. The van der Waals surface area contributed by atoms with Gasteiger partial charge in [-0.15, -0.1) is 0 Å². The van der Waals surface area contributed by atoms with Gasteiger partial charge in [0.05, 0.1) is 32.9 Å². The maximum atomic E-state index is 14.1. The van der Waals surface area contributed by atoms with Crippen molar-refractivity contribution in [3.8, 4) is 0 Å². The molecule has 47 heavy (non-hydrogen) atoms. The molecular formula is C29H38N8O10. The molecule has 2 aromatic rings. The van der Waals surface area contributed by atoms with Gasteiger partial charge < -0.3 is 21.7 Å². The maximum Gasteiger partial charge on any atom is 0.299 e. The highest BCUT2D eigenvalue weighted by Gasteiger charge is 2.40. The molecule has 0 heterocycles. The van der Waals surface area contributed by atoms with E-state index in [1.54, 1.807) is 27.7 Å². The zero-order chi connectivity index (χ0) is 35.8. The Kier molecular flexibility index (Phi) is 12.5. The predicted molar refractivity (Wildman–Crippen MR) is 170 cm³/mol. The summed E-state index contributed by atoms with van der Waals surface area (Å²) in [5.41, 5.74) is 2.86. The highest BCUT2D eigenvalue weighted by atomic mass is 16.6. The van der Waals surface area contributed by atoms with Gasteiger partial charge in [-0.3, -0.25) is 49.5 Å². The van der Waals surface area contributed by atoms with E-state index in [0.29, 0.717) is 11.0 Å². The smallest absolute Gasteiger partial charge is 0.299 e. The molecule has 5 N–H and O–H groups in total. The number of nitro groups is 3. The molecule has 0 radical (unpaired) electrons. The number of nitrogens with zero attached hydrogens (tertiary/aromatic N) is 4. The van der Waals surface area contributed by atoms with Gasteiger partial charge in [-0.1, -0.05) is 27.7 Å². The van der Waals surface area contributed by atoms with Crippen molar-refractivity contribution < 1.29 is 33.9 Å². The minimum atomic E-state index is -1.45. The number of hydrogen-bond acceptors (Lipinski definition) is 13. The van der Waals surface area contributed by atoms with Crippen molar-refractivity contribution in [1.82, 2.24) is 10.2 Å². The minimum Gasteiger partial charge on any atom is -0.374 e. The topological polar surface area (TPSA) is 263 Å². The molecule has 2 atom stereocenters. The fourth-order valence-electron chi connectivity index (χ4n) is 4.27. The third-order valence-electron chi connectivity index (χ3n) is 6.73. The van der Waals surface area contributed by atoms with Crippen LogP contribution >= 0.6 is 0 Å². The molecule has 0 spiro atoms. The van der Waals surface area contributed by atoms with Gasteiger partial charge in [-0.2, -0.15) is 0 Å². The lowest BCUT2D eigenvalue weighted by atomic mass is 9.99. The van der Waals surface area contributed by atoms with Crippen LogP contribution in [0.2, 0.25) is 0 Å². The number of non-ortho nitro benzene ring substituents is 2. The molecule has 0 bridgehead atoms. The largest absolute Gasteiger partial charge is 0.374 e. The second kappa shape index (κ2) is 15.7. The molecule has 0 aliphatic rings. The number of hydrogen-bond donors (Lipinski definition) is 4. The molecule has 2 aromatic carbocycles. The quantitative estimate of drug-likeness (QED) is 0.158. The molecular weight excluding hydrogens is 620 g/mol. The Hall–Kier alpha value is -5.52. The number of nitrogens with one attached hydrogen (secondary N) is 3. The number of imide groups is 3. The molecule has 0 aliphatic carbocycles. The second-order valence-corrected chi connectivity index (χ2v) is 12.0. The summed E-state index contributed by atoms with van der Waals surface area (Å²) in [4.78, 5) is 86.4. The normalized spacial score (nSPS) is 12.5. The molecule has 0 saturated carbocycles. The molecule has 4 amide bonds. The fraction of sp³-hybridized carbons (Fsp3) is 0.448. The summed E-state index contributed by atoms with van der Waals surface area (Å²) < 4.78 is 0. The van der Waals surface area contributed by atoms with Crippen LogP contribution in [0, 0.1) is 42.2 Å². The summed E-state index contributed by atoms with van der Waals surface area (Å²) >= 11 is 0. The van der Waals surface area contributed by atoms with Crippen molar-refractivity contribution in [3.63, 3.8) is 0 Å². The summed E-state index contributed by atoms with van der Waals surface area (Å²) in [6, 6.07) is 5.15. The first-order valence-corrected chi connectivity index (χ1v) is 14.4. The molecule has 0 saturated heterocycles. The first kappa shape index (κ1) is 37.7. The number of amides is 4. The van der Waals surface area contributed by atoms with Crippen LogP contribution in [0.5, 0.6) is 0 Å². The third kappa shape index (κ3) is 10.2. The Morgan fingerprint density at radius 3 is 1.85 bits per heavy atom. The number of nitrogens with two attached hydrogens (primary N) is 1. The van der Waals surface area contributed by atoms with E-state index in [1.165, 1.54) is 38.1 Å². The van der Waals surface area contributed by atoms with E-state index >= 15 is 0 Å². The van der Waals surface area contributed by atoms with Crippen LogP contribution in [0.4, 0.5) is 28.4 Å². The highest BCUT2D eigenvalue weighted by molar-refractivity contribution is 6.15. The highest BCUT2D eigenvalue weighted by Crippen LogP contribution is 2.31. The van der Waals surface area contributed by atoms with Crippen LogP contribution < -0.4 is 21.7 Å². The predicted octanol–water partition coefficient (Wildman–Crippen LogP) is 3.11. The van der Waals surface area contributed by atoms with Crippen LogP contribution in [0.1, 0.15) is 48.0 Å². The molecule has 18 nitrogen and oxygen atoms in total. The number of carbonyl (C=O) groups is 4. The lowest BCUT2D eigenvalue weighted by Gasteiger charge is -2.31. The lowest BCUT2D eigenvalue weighted by molar-refractivity contribution is -0.393. The Labute approximate surface area is 269 Å². The molecule has 18 heteroatoms. The number of anilines is 2. The zero-order valence-corrected chi connectivity index (χ0v) is 26.7. The zero-order valence-electron chi connectivity index (χ0n) is 26.7. The van der Waals surface area contributed by atoms with Crippen molar-refractivity contribution in [3.05, 3.63) is 72.8 Å². The Morgan fingerprint density at radius 2 is 1.38 bits per heavy atom. The summed E-state index contributed by atoms with van der Waals surface area (Å²) in [6.07, 6.45) is 0.0860. The van der Waals surface area contributed by atoms with Crippen LogP contribution in [-0.2, 0) is 19.2 Å². The van der Waals surface area contributed by atoms with E-state index in [1.807, 2.05) is 0 Å². The third-order valence-corrected chi connectivity index (χ3v) is 6.73. The van der Waals surface area contributed by atoms with Crippen LogP contribution in [0.3, 0.4) is 0 Å².